The molecule has 0 saturated heterocycles. The molecule has 15 heavy (non-hydrogen) atoms. The molecule has 0 spiro atoms. The largest absolute Gasteiger partial charge is 0.289 e. The maximum absolute atomic E-state index is 11.7. The van der Waals surface area contributed by atoms with E-state index in [1.165, 1.54) is 0 Å². The van der Waals surface area contributed by atoms with Crippen LogP contribution in [0.1, 0.15) is 41.5 Å². The fourth-order valence-corrected chi connectivity index (χ4v) is 1.89. The van der Waals surface area contributed by atoms with Crippen molar-refractivity contribution < 1.29 is 9.59 Å². The van der Waals surface area contributed by atoms with Crippen LogP contribution in [0.25, 0.3) is 0 Å². The van der Waals surface area contributed by atoms with Crippen molar-refractivity contribution in [3.05, 3.63) is 11.1 Å². The maximum Gasteiger partial charge on any atom is 0.255 e. The topological polar surface area (TPSA) is 46.2 Å². The van der Waals surface area contributed by atoms with Gasteiger partial charge in [-0.1, -0.05) is 41.5 Å². The Hall–Kier alpha value is -1.12. The highest BCUT2D eigenvalue weighted by molar-refractivity contribution is 6.20. The third-order valence-corrected chi connectivity index (χ3v) is 2.43. The third kappa shape index (κ3) is 2.11. The minimum absolute atomic E-state index is 0.238. The van der Waals surface area contributed by atoms with Crippen LogP contribution in [0.2, 0.25) is 0 Å². The molecule has 0 aromatic heterocycles. The van der Waals surface area contributed by atoms with Crippen molar-refractivity contribution in [2.45, 2.75) is 41.5 Å². The standard InChI is InChI=1S/C12H19NO2/c1-11(2,3)7-8(12(4,5)6)10(15)13-9(7)14/h1-6H3,(H,13,14,15). The highest BCUT2D eigenvalue weighted by Crippen LogP contribution is 2.39. The van der Waals surface area contributed by atoms with Gasteiger partial charge >= 0.3 is 0 Å². The van der Waals surface area contributed by atoms with Crippen LogP contribution in [0, 0.1) is 10.8 Å². The quantitative estimate of drug-likeness (QED) is 0.620. The van der Waals surface area contributed by atoms with Crippen LogP contribution in [-0.2, 0) is 9.59 Å². The van der Waals surface area contributed by atoms with E-state index in [0.717, 1.165) is 0 Å². The summed E-state index contributed by atoms with van der Waals surface area (Å²) in [5.41, 5.74) is 0.664. The molecule has 1 heterocycles. The molecule has 84 valence electrons. The van der Waals surface area contributed by atoms with E-state index in [4.69, 9.17) is 0 Å². The Kier molecular flexibility index (Phi) is 2.54. The van der Waals surface area contributed by atoms with E-state index >= 15 is 0 Å². The first kappa shape index (κ1) is 12.0. The molecule has 3 heteroatoms. The number of carbonyl (C=O) groups excluding carboxylic acids is 2. The van der Waals surface area contributed by atoms with Gasteiger partial charge in [-0.2, -0.15) is 0 Å². The minimum atomic E-state index is -0.293. The molecule has 0 aromatic carbocycles. The van der Waals surface area contributed by atoms with Crippen LogP contribution in [0.4, 0.5) is 0 Å². The molecule has 3 nitrogen and oxygen atoms in total. The second-order valence-corrected chi connectivity index (χ2v) is 6.03. The van der Waals surface area contributed by atoms with Crippen LogP contribution in [0.5, 0.6) is 0 Å². The van der Waals surface area contributed by atoms with E-state index in [0.29, 0.717) is 11.1 Å². The zero-order chi connectivity index (χ0) is 12.0. The van der Waals surface area contributed by atoms with Gasteiger partial charge in [0.05, 0.1) is 0 Å². The van der Waals surface area contributed by atoms with Gasteiger partial charge in [0.25, 0.3) is 11.8 Å². The molecule has 0 radical (unpaired) electrons. The van der Waals surface area contributed by atoms with Crippen molar-refractivity contribution in [3.8, 4) is 0 Å². The molecule has 1 N–H and O–H groups in total. The van der Waals surface area contributed by atoms with Crippen molar-refractivity contribution in [1.82, 2.24) is 5.32 Å². The Labute approximate surface area is 90.9 Å². The maximum atomic E-state index is 11.7. The van der Waals surface area contributed by atoms with E-state index in [1.54, 1.807) is 0 Å². The molecule has 0 atom stereocenters. The van der Waals surface area contributed by atoms with Crippen LogP contribution >= 0.6 is 0 Å². The molecular formula is C12H19NO2. The molecule has 1 aliphatic heterocycles. The van der Waals surface area contributed by atoms with Gasteiger partial charge in [-0.15, -0.1) is 0 Å². The molecular weight excluding hydrogens is 190 g/mol. The molecule has 0 aliphatic carbocycles. The number of hydrogen-bond acceptors (Lipinski definition) is 2. The summed E-state index contributed by atoms with van der Waals surface area (Å²) >= 11 is 0. The van der Waals surface area contributed by atoms with Gasteiger partial charge in [-0.05, 0) is 10.8 Å². The Morgan fingerprint density at radius 1 is 0.733 bits per heavy atom. The molecule has 0 unspecified atom stereocenters. The average Bonchev–Trinajstić information content (AvgIpc) is 2.22. The zero-order valence-electron chi connectivity index (χ0n) is 10.3. The van der Waals surface area contributed by atoms with Gasteiger partial charge in [0.15, 0.2) is 0 Å². The summed E-state index contributed by atoms with van der Waals surface area (Å²) in [5, 5.41) is 2.38. The molecule has 0 saturated carbocycles. The first-order chi connectivity index (χ1) is 6.55. The fraction of sp³-hybridized carbons (Fsp3) is 0.667. The first-order valence-corrected chi connectivity index (χ1v) is 5.16. The van der Waals surface area contributed by atoms with E-state index in [9.17, 15) is 9.59 Å². The zero-order valence-corrected chi connectivity index (χ0v) is 10.3. The second kappa shape index (κ2) is 3.19. The monoisotopic (exact) mass is 209 g/mol. The Bertz CT molecular complexity index is 317. The van der Waals surface area contributed by atoms with E-state index < -0.39 is 0 Å². The van der Waals surface area contributed by atoms with Crippen LogP contribution in [-0.4, -0.2) is 11.8 Å². The number of carbonyl (C=O) groups is 2. The van der Waals surface area contributed by atoms with Crippen molar-refractivity contribution in [3.63, 3.8) is 0 Å². The number of imide groups is 1. The highest BCUT2D eigenvalue weighted by Gasteiger charge is 2.41. The lowest BCUT2D eigenvalue weighted by atomic mass is 9.76. The van der Waals surface area contributed by atoms with Crippen molar-refractivity contribution in [1.29, 1.82) is 0 Å². The molecule has 1 aliphatic rings. The normalized spacial score (nSPS) is 18.5. The lowest BCUT2D eigenvalue weighted by molar-refractivity contribution is -0.124. The molecule has 0 aromatic rings. The number of hydrogen-bond donors (Lipinski definition) is 1. The lowest BCUT2D eigenvalue weighted by Crippen LogP contribution is -2.26. The Balaban J connectivity index is 3.42. The third-order valence-electron chi connectivity index (χ3n) is 2.43. The highest BCUT2D eigenvalue weighted by atomic mass is 16.2. The van der Waals surface area contributed by atoms with E-state index in [-0.39, 0.29) is 22.6 Å². The minimum Gasteiger partial charge on any atom is -0.289 e. The molecule has 1 rings (SSSR count). The van der Waals surface area contributed by atoms with Crippen LogP contribution in [0.3, 0.4) is 0 Å². The number of amides is 2. The SMILES string of the molecule is CC(C)(C)C1=C(C(C)(C)C)C(=O)NC1=O. The van der Waals surface area contributed by atoms with Gasteiger partial charge in [0, 0.05) is 11.1 Å². The van der Waals surface area contributed by atoms with E-state index in [1.807, 2.05) is 41.5 Å². The van der Waals surface area contributed by atoms with Gasteiger partial charge in [0.2, 0.25) is 0 Å². The molecule has 0 bridgehead atoms. The summed E-state index contributed by atoms with van der Waals surface area (Å²) in [5.74, 6) is -0.477. The number of rotatable bonds is 0. The van der Waals surface area contributed by atoms with Crippen molar-refractivity contribution in [2.75, 3.05) is 0 Å². The summed E-state index contributed by atoms with van der Waals surface area (Å²) < 4.78 is 0. The van der Waals surface area contributed by atoms with Crippen molar-refractivity contribution >= 4 is 11.8 Å². The summed E-state index contributed by atoms with van der Waals surface area (Å²) in [6.07, 6.45) is 0. The van der Waals surface area contributed by atoms with Gasteiger partial charge in [-0.25, -0.2) is 0 Å². The van der Waals surface area contributed by atoms with Crippen LogP contribution < -0.4 is 5.32 Å². The van der Waals surface area contributed by atoms with Gasteiger partial charge < -0.3 is 0 Å². The number of nitrogens with one attached hydrogen (secondary N) is 1. The van der Waals surface area contributed by atoms with Gasteiger partial charge in [-0.3, -0.25) is 14.9 Å². The second-order valence-electron chi connectivity index (χ2n) is 6.03. The fourth-order valence-electron chi connectivity index (χ4n) is 1.89. The Morgan fingerprint density at radius 2 is 1.00 bits per heavy atom. The Morgan fingerprint density at radius 3 is 1.20 bits per heavy atom. The van der Waals surface area contributed by atoms with Crippen LogP contribution in [0.15, 0.2) is 11.1 Å². The predicted octanol–water partition coefficient (Wildman–Crippen LogP) is 2.03. The lowest BCUT2D eigenvalue weighted by Gasteiger charge is -2.25. The predicted molar refractivity (Wildman–Crippen MR) is 59.1 cm³/mol. The first-order valence-electron chi connectivity index (χ1n) is 5.16. The van der Waals surface area contributed by atoms with Gasteiger partial charge in [0.1, 0.15) is 0 Å². The average molecular weight is 209 g/mol. The molecule has 2 amide bonds. The summed E-state index contributed by atoms with van der Waals surface area (Å²) in [7, 11) is 0. The smallest absolute Gasteiger partial charge is 0.255 e. The summed E-state index contributed by atoms with van der Waals surface area (Å²) in [6, 6.07) is 0. The van der Waals surface area contributed by atoms with Crippen molar-refractivity contribution in [2.24, 2.45) is 10.8 Å². The summed E-state index contributed by atoms with van der Waals surface area (Å²) in [6.45, 7) is 11.7. The summed E-state index contributed by atoms with van der Waals surface area (Å²) in [4.78, 5) is 23.4. The van der Waals surface area contributed by atoms with E-state index in [2.05, 4.69) is 5.32 Å². The molecule has 0 fully saturated rings.